The van der Waals surface area contributed by atoms with Gasteiger partial charge in [-0.2, -0.15) is 0 Å². The van der Waals surface area contributed by atoms with E-state index in [9.17, 15) is 45.9 Å². The fraction of sp³-hybridized carbons (Fsp3) is 0.237. The molecule has 12 nitrogen and oxygen atoms in total. The fourth-order valence-corrected chi connectivity index (χ4v) is 4.22. The zero-order chi connectivity index (χ0) is 41.2. The molecule has 4 aromatic rings. The van der Waals surface area contributed by atoms with Crippen molar-refractivity contribution in [2.24, 2.45) is 0 Å². The summed E-state index contributed by atoms with van der Waals surface area (Å²) >= 11 is 0. The van der Waals surface area contributed by atoms with E-state index in [2.05, 4.69) is 20.7 Å². The molecule has 0 saturated heterocycles. The molecule has 0 saturated carbocycles. The van der Waals surface area contributed by atoms with Gasteiger partial charge in [0.25, 0.3) is 11.8 Å². The second-order valence-corrected chi connectivity index (χ2v) is 13.3. The highest BCUT2D eigenvalue weighted by atomic mass is 19.2. The first kappa shape index (κ1) is 42.9. The summed E-state index contributed by atoms with van der Waals surface area (Å²) in [6.45, 7) is 10.3. The Kier molecular flexibility index (Phi) is 14.0. The predicted molar refractivity (Wildman–Crippen MR) is 193 cm³/mol. The number of amides is 4. The van der Waals surface area contributed by atoms with E-state index >= 15 is 0 Å². The Hall–Kier alpha value is -6.52. The minimum Gasteiger partial charge on any atom is -0.465 e. The Morgan fingerprint density at radius 2 is 0.836 bits per heavy atom. The molecule has 0 aliphatic heterocycles. The summed E-state index contributed by atoms with van der Waals surface area (Å²) < 4.78 is 81.6. The normalized spacial score (nSPS) is 10.9. The molecule has 55 heavy (non-hydrogen) atoms. The van der Waals surface area contributed by atoms with E-state index in [4.69, 9.17) is 9.47 Å². The number of halogens is 5. The van der Waals surface area contributed by atoms with E-state index in [1.165, 1.54) is 37.4 Å². The monoisotopic (exact) mass is 772 g/mol. The molecule has 292 valence electrons. The number of benzene rings is 4. The standard InChI is InChI=1S/C20H22N2O5.C18H15F5N2O3/c1-20(2,3)27-19(25)22-16-10-8-15(9-11-16)21-17(23)13-6-5-7-14(12-13)18(24)26-4;1-18(2,3)28-17(27)25-9-6-4-8(5-7-9)24-16(26)10-11(19)13(21)15(23)14(22)12(10)20/h5-12H,1-4H3,(H,21,23)(H,22,25);4-7H,1-3H3,(H,24,26)(H,25,27). The number of hydrogen-bond acceptors (Lipinski definition) is 8. The summed E-state index contributed by atoms with van der Waals surface area (Å²) in [4.78, 5) is 59.3. The molecule has 4 aromatic carbocycles. The highest BCUT2D eigenvalue weighted by molar-refractivity contribution is 6.06. The lowest BCUT2D eigenvalue weighted by molar-refractivity contribution is 0.0596. The minimum absolute atomic E-state index is 0.0105. The molecule has 0 bridgehead atoms. The average Bonchev–Trinajstić information content (AvgIpc) is 3.10. The van der Waals surface area contributed by atoms with Crippen LogP contribution in [-0.2, 0) is 14.2 Å². The van der Waals surface area contributed by atoms with E-state index in [1.807, 2.05) is 5.32 Å². The molecule has 4 amide bonds. The first-order valence-electron chi connectivity index (χ1n) is 16.1. The average molecular weight is 773 g/mol. The summed E-state index contributed by atoms with van der Waals surface area (Å²) in [5, 5.41) is 9.77. The molecule has 0 aromatic heterocycles. The Balaban J connectivity index is 0.000000296. The number of carbonyl (C=O) groups is 5. The number of rotatable bonds is 7. The van der Waals surface area contributed by atoms with Gasteiger partial charge in [-0.25, -0.2) is 36.3 Å². The summed E-state index contributed by atoms with van der Waals surface area (Å²) in [5.74, 6) is -13.7. The quantitative estimate of drug-likeness (QED) is 0.0476. The maximum atomic E-state index is 13.7. The van der Waals surface area contributed by atoms with E-state index < -0.39 is 69.9 Å². The van der Waals surface area contributed by atoms with Crippen molar-refractivity contribution in [2.45, 2.75) is 52.7 Å². The lowest BCUT2D eigenvalue weighted by atomic mass is 10.1. The van der Waals surface area contributed by atoms with Crippen LogP contribution in [-0.4, -0.2) is 48.3 Å². The molecule has 0 heterocycles. The molecule has 0 atom stereocenters. The molecule has 0 fully saturated rings. The molecule has 0 aliphatic carbocycles. The molecule has 17 heteroatoms. The lowest BCUT2D eigenvalue weighted by Gasteiger charge is -2.19. The summed E-state index contributed by atoms with van der Waals surface area (Å²) in [5.41, 5.74) is -0.939. The van der Waals surface area contributed by atoms with Crippen LogP contribution in [0.2, 0.25) is 0 Å². The summed E-state index contributed by atoms with van der Waals surface area (Å²) in [6, 6.07) is 18.0. The second kappa shape index (κ2) is 18.0. The van der Waals surface area contributed by atoms with Gasteiger partial charge in [-0.15, -0.1) is 0 Å². The molecule has 0 aliphatic rings. The highest BCUT2D eigenvalue weighted by Crippen LogP contribution is 2.25. The first-order valence-corrected chi connectivity index (χ1v) is 16.1. The van der Waals surface area contributed by atoms with Crippen molar-refractivity contribution >= 4 is 52.7 Å². The molecule has 0 spiro atoms. The Labute approximate surface area is 312 Å². The van der Waals surface area contributed by atoms with Gasteiger partial charge in [0.05, 0.1) is 12.7 Å². The van der Waals surface area contributed by atoms with E-state index in [1.54, 1.807) is 84.0 Å². The molecule has 0 unspecified atom stereocenters. The zero-order valence-electron chi connectivity index (χ0n) is 30.6. The van der Waals surface area contributed by atoms with Gasteiger partial charge in [-0.05, 0) is 108 Å². The van der Waals surface area contributed by atoms with E-state index in [-0.39, 0.29) is 17.3 Å². The van der Waals surface area contributed by atoms with Crippen LogP contribution >= 0.6 is 0 Å². The van der Waals surface area contributed by atoms with Gasteiger partial charge in [0.2, 0.25) is 5.82 Å². The van der Waals surface area contributed by atoms with Crippen molar-refractivity contribution in [2.75, 3.05) is 28.4 Å². The van der Waals surface area contributed by atoms with Crippen LogP contribution in [0.5, 0.6) is 0 Å². The second-order valence-electron chi connectivity index (χ2n) is 13.3. The molecule has 0 radical (unpaired) electrons. The topological polar surface area (TPSA) is 161 Å². The van der Waals surface area contributed by atoms with Crippen LogP contribution in [0.4, 0.5) is 54.3 Å². The van der Waals surface area contributed by atoms with Gasteiger partial charge < -0.3 is 24.8 Å². The molecular formula is C38H37F5N4O8. The number of carbonyl (C=O) groups excluding carboxylic acids is 5. The maximum Gasteiger partial charge on any atom is 0.412 e. The molecular weight excluding hydrogens is 735 g/mol. The Morgan fingerprint density at radius 1 is 0.491 bits per heavy atom. The largest absolute Gasteiger partial charge is 0.465 e. The predicted octanol–water partition coefficient (Wildman–Crippen LogP) is 9.05. The third kappa shape index (κ3) is 12.8. The minimum atomic E-state index is -2.36. The highest BCUT2D eigenvalue weighted by Gasteiger charge is 2.30. The lowest BCUT2D eigenvalue weighted by Crippen LogP contribution is -2.27. The van der Waals surface area contributed by atoms with Crippen LogP contribution in [0.1, 0.15) is 72.6 Å². The SMILES string of the molecule is CC(C)(C)OC(=O)Nc1ccc(NC(=O)c2c(F)c(F)c(F)c(F)c2F)cc1.COC(=O)c1cccc(C(=O)Nc2ccc(NC(=O)OC(C)(C)C)cc2)c1. The third-order valence-corrected chi connectivity index (χ3v) is 6.56. The summed E-state index contributed by atoms with van der Waals surface area (Å²) in [7, 11) is 1.28. The van der Waals surface area contributed by atoms with Gasteiger partial charge in [0, 0.05) is 28.3 Å². The third-order valence-electron chi connectivity index (χ3n) is 6.56. The van der Waals surface area contributed by atoms with E-state index in [0.717, 1.165) is 0 Å². The van der Waals surface area contributed by atoms with Crippen molar-refractivity contribution in [1.29, 1.82) is 0 Å². The first-order chi connectivity index (χ1) is 25.6. The van der Waals surface area contributed by atoms with Crippen molar-refractivity contribution < 1.29 is 60.1 Å². The molecule has 4 N–H and O–H groups in total. The number of nitrogens with one attached hydrogen (secondary N) is 4. The number of esters is 1. The number of anilines is 4. The number of ether oxygens (including phenoxy) is 3. The van der Waals surface area contributed by atoms with Crippen molar-refractivity contribution in [1.82, 2.24) is 0 Å². The smallest absolute Gasteiger partial charge is 0.412 e. The van der Waals surface area contributed by atoms with Gasteiger partial charge in [-0.1, -0.05) is 6.07 Å². The van der Waals surface area contributed by atoms with Gasteiger partial charge >= 0.3 is 18.2 Å². The van der Waals surface area contributed by atoms with Gasteiger partial charge in [-0.3, -0.25) is 20.2 Å². The number of hydrogen-bond donors (Lipinski definition) is 4. The van der Waals surface area contributed by atoms with Crippen LogP contribution in [0.25, 0.3) is 0 Å². The Bertz CT molecular complexity index is 2030. The maximum absolute atomic E-state index is 13.7. The van der Waals surface area contributed by atoms with Crippen molar-refractivity contribution in [3.8, 4) is 0 Å². The van der Waals surface area contributed by atoms with Crippen LogP contribution in [0.3, 0.4) is 0 Å². The van der Waals surface area contributed by atoms with Crippen LogP contribution < -0.4 is 21.3 Å². The number of methoxy groups -OCH3 is 1. The van der Waals surface area contributed by atoms with E-state index in [0.29, 0.717) is 22.5 Å². The van der Waals surface area contributed by atoms with Crippen molar-refractivity contribution in [3.63, 3.8) is 0 Å². The molecule has 4 rings (SSSR count). The van der Waals surface area contributed by atoms with Gasteiger partial charge in [0.1, 0.15) is 16.8 Å². The summed E-state index contributed by atoms with van der Waals surface area (Å²) in [6.07, 6.45) is -1.29. The Morgan fingerprint density at radius 3 is 1.22 bits per heavy atom. The van der Waals surface area contributed by atoms with Crippen molar-refractivity contribution in [3.05, 3.63) is 119 Å². The zero-order valence-corrected chi connectivity index (χ0v) is 30.6. The fourth-order valence-electron chi connectivity index (χ4n) is 4.22. The van der Waals surface area contributed by atoms with Gasteiger partial charge in [0.15, 0.2) is 23.3 Å². The van der Waals surface area contributed by atoms with Crippen LogP contribution in [0.15, 0.2) is 72.8 Å². The van der Waals surface area contributed by atoms with Crippen LogP contribution in [0, 0.1) is 29.1 Å².